The van der Waals surface area contributed by atoms with Gasteiger partial charge in [0.05, 0.1) is 6.54 Å². The highest BCUT2D eigenvalue weighted by atomic mass is 16.2. The topological polar surface area (TPSA) is 78.9 Å². The monoisotopic (exact) mass is 293 g/mol. The minimum atomic E-state index is -0.236. The zero-order valence-corrected chi connectivity index (χ0v) is 13.9. The van der Waals surface area contributed by atoms with Crippen LogP contribution in [0.5, 0.6) is 0 Å². The lowest BCUT2D eigenvalue weighted by Gasteiger charge is -2.21. The zero-order valence-electron chi connectivity index (χ0n) is 13.9. The Balaban J connectivity index is 2.83. The van der Waals surface area contributed by atoms with Crippen LogP contribution in [0.3, 0.4) is 0 Å². The molecule has 0 aliphatic heterocycles. The van der Waals surface area contributed by atoms with Crippen LogP contribution in [-0.2, 0) is 4.79 Å². The minimum Gasteiger partial charge on any atom is -0.370 e. The Morgan fingerprint density at radius 3 is 2.24 bits per heavy atom. The highest BCUT2D eigenvalue weighted by molar-refractivity contribution is 5.81. The van der Waals surface area contributed by atoms with E-state index < -0.39 is 0 Å². The lowest BCUT2D eigenvalue weighted by Crippen LogP contribution is -2.43. The number of carbonyl (C=O) groups is 1. The Morgan fingerprint density at radius 1 is 1.19 bits per heavy atom. The maximum atomic E-state index is 11.9. The molecule has 6 nitrogen and oxygen atoms in total. The molecular formula is C15H27N5O. The third-order valence-corrected chi connectivity index (χ3v) is 2.74. The molecular weight excluding hydrogens is 266 g/mol. The van der Waals surface area contributed by atoms with Crippen molar-refractivity contribution in [2.75, 3.05) is 23.7 Å². The molecule has 3 N–H and O–H groups in total. The van der Waals surface area contributed by atoms with Gasteiger partial charge in [0.1, 0.15) is 18.0 Å². The summed E-state index contributed by atoms with van der Waals surface area (Å²) in [5.74, 6) is 1.73. The predicted octanol–water partition coefficient (Wildman–Crippen LogP) is 2.36. The SMILES string of the molecule is CCNc1ncnc(NCC(=O)NC(C)(C)C)c1C(C)C. The molecule has 0 atom stereocenters. The molecule has 118 valence electrons. The predicted molar refractivity (Wildman–Crippen MR) is 86.7 cm³/mol. The van der Waals surface area contributed by atoms with Crippen LogP contribution in [0.2, 0.25) is 0 Å². The van der Waals surface area contributed by atoms with Gasteiger partial charge in [-0.1, -0.05) is 13.8 Å². The number of hydrogen-bond donors (Lipinski definition) is 3. The van der Waals surface area contributed by atoms with E-state index in [0.29, 0.717) is 5.82 Å². The quantitative estimate of drug-likeness (QED) is 0.750. The summed E-state index contributed by atoms with van der Waals surface area (Å²) in [6.07, 6.45) is 1.51. The summed E-state index contributed by atoms with van der Waals surface area (Å²) in [7, 11) is 0. The number of anilines is 2. The third kappa shape index (κ3) is 5.57. The van der Waals surface area contributed by atoms with E-state index in [2.05, 4.69) is 39.8 Å². The number of amides is 1. The lowest BCUT2D eigenvalue weighted by atomic mass is 10.0. The summed E-state index contributed by atoms with van der Waals surface area (Å²) in [4.78, 5) is 20.4. The van der Waals surface area contributed by atoms with Crippen LogP contribution in [0.25, 0.3) is 0 Å². The van der Waals surface area contributed by atoms with Gasteiger partial charge in [-0.3, -0.25) is 4.79 Å². The van der Waals surface area contributed by atoms with Crippen LogP contribution < -0.4 is 16.0 Å². The van der Waals surface area contributed by atoms with Crippen molar-refractivity contribution in [2.45, 2.75) is 53.0 Å². The van der Waals surface area contributed by atoms with Gasteiger partial charge in [-0.05, 0) is 33.6 Å². The maximum absolute atomic E-state index is 11.9. The molecule has 0 radical (unpaired) electrons. The van der Waals surface area contributed by atoms with Crippen molar-refractivity contribution in [3.63, 3.8) is 0 Å². The van der Waals surface area contributed by atoms with Gasteiger partial charge in [0.15, 0.2) is 0 Å². The number of carbonyl (C=O) groups excluding carboxylic acids is 1. The third-order valence-electron chi connectivity index (χ3n) is 2.74. The molecule has 0 spiro atoms. The molecule has 0 aliphatic rings. The van der Waals surface area contributed by atoms with E-state index in [1.165, 1.54) is 6.33 Å². The Bertz CT molecular complexity index is 479. The number of aromatic nitrogens is 2. The van der Waals surface area contributed by atoms with Crippen LogP contribution in [0.15, 0.2) is 6.33 Å². The molecule has 0 unspecified atom stereocenters. The van der Waals surface area contributed by atoms with E-state index in [-0.39, 0.29) is 23.9 Å². The number of nitrogens with zero attached hydrogens (tertiary/aromatic N) is 2. The Labute approximate surface area is 127 Å². The minimum absolute atomic E-state index is 0.0548. The molecule has 0 saturated heterocycles. The van der Waals surface area contributed by atoms with Gasteiger partial charge in [0.25, 0.3) is 0 Å². The molecule has 6 heteroatoms. The van der Waals surface area contributed by atoms with E-state index in [0.717, 1.165) is 17.9 Å². The van der Waals surface area contributed by atoms with Crippen molar-refractivity contribution >= 4 is 17.5 Å². The summed E-state index contributed by atoms with van der Waals surface area (Å²) < 4.78 is 0. The molecule has 0 aromatic carbocycles. The van der Waals surface area contributed by atoms with E-state index in [1.54, 1.807) is 0 Å². The van der Waals surface area contributed by atoms with E-state index >= 15 is 0 Å². The standard InChI is InChI=1S/C15H27N5O/c1-7-16-13-12(10(2)3)14(19-9-18-13)17-8-11(21)20-15(4,5)6/h9-10H,7-8H2,1-6H3,(H,20,21)(H2,16,17,18,19). The second-order valence-corrected chi connectivity index (χ2v) is 6.32. The largest absolute Gasteiger partial charge is 0.370 e. The summed E-state index contributed by atoms with van der Waals surface area (Å²) in [5.41, 5.74) is 0.767. The second-order valence-electron chi connectivity index (χ2n) is 6.32. The summed E-state index contributed by atoms with van der Waals surface area (Å²) >= 11 is 0. The molecule has 1 aromatic rings. The Hall–Kier alpha value is -1.85. The van der Waals surface area contributed by atoms with Gasteiger partial charge in [0, 0.05) is 17.6 Å². The van der Waals surface area contributed by atoms with E-state index in [4.69, 9.17) is 0 Å². The van der Waals surface area contributed by atoms with Crippen LogP contribution in [-0.4, -0.2) is 34.5 Å². The number of hydrogen-bond acceptors (Lipinski definition) is 5. The van der Waals surface area contributed by atoms with Crippen molar-refractivity contribution in [2.24, 2.45) is 0 Å². The maximum Gasteiger partial charge on any atom is 0.239 e. The Kier molecular flexibility index (Phi) is 5.93. The average molecular weight is 293 g/mol. The molecule has 0 fully saturated rings. The van der Waals surface area contributed by atoms with Crippen molar-refractivity contribution in [3.05, 3.63) is 11.9 Å². The second kappa shape index (κ2) is 7.24. The van der Waals surface area contributed by atoms with Crippen molar-refractivity contribution in [3.8, 4) is 0 Å². The first kappa shape index (κ1) is 17.2. The smallest absolute Gasteiger partial charge is 0.239 e. The Morgan fingerprint density at radius 2 is 1.76 bits per heavy atom. The first-order valence-corrected chi connectivity index (χ1v) is 7.38. The van der Waals surface area contributed by atoms with Gasteiger partial charge < -0.3 is 16.0 Å². The summed E-state index contributed by atoms with van der Waals surface area (Å²) in [5, 5.41) is 9.26. The van der Waals surface area contributed by atoms with Gasteiger partial charge >= 0.3 is 0 Å². The van der Waals surface area contributed by atoms with E-state index in [1.807, 2.05) is 27.7 Å². The van der Waals surface area contributed by atoms with Crippen LogP contribution in [0.4, 0.5) is 11.6 Å². The highest BCUT2D eigenvalue weighted by Gasteiger charge is 2.17. The number of rotatable bonds is 6. The van der Waals surface area contributed by atoms with Gasteiger partial charge in [0.2, 0.25) is 5.91 Å². The van der Waals surface area contributed by atoms with E-state index in [9.17, 15) is 4.79 Å². The molecule has 0 saturated carbocycles. The molecule has 1 aromatic heterocycles. The molecule has 1 rings (SSSR count). The number of nitrogens with one attached hydrogen (secondary N) is 3. The summed E-state index contributed by atoms with van der Waals surface area (Å²) in [6, 6.07) is 0. The van der Waals surface area contributed by atoms with Crippen LogP contribution in [0.1, 0.15) is 53.0 Å². The van der Waals surface area contributed by atoms with Gasteiger partial charge in [-0.15, -0.1) is 0 Å². The normalized spacial score (nSPS) is 11.4. The lowest BCUT2D eigenvalue weighted by molar-refractivity contribution is -0.120. The molecule has 0 aliphatic carbocycles. The van der Waals surface area contributed by atoms with Crippen molar-refractivity contribution in [1.29, 1.82) is 0 Å². The fourth-order valence-corrected chi connectivity index (χ4v) is 2.02. The van der Waals surface area contributed by atoms with Crippen molar-refractivity contribution < 1.29 is 4.79 Å². The van der Waals surface area contributed by atoms with Crippen LogP contribution in [0, 0.1) is 0 Å². The van der Waals surface area contributed by atoms with Crippen molar-refractivity contribution in [1.82, 2.24) is 15.3 Å². The molecule has 1 heterocycles. The fourth-order valence-electron chi connectivity index (χ4n) is 2.02. The molecule has 0 bridgehead atoms. The first-order valence-electron chi connectivity index (χ1n) is 7.38. The summed E-state index contributed by atoms with van der Waals surface area (Å²) in [6.45, 7) is 13.0. The van der Waals surface area contributed by atoms with Crippen LogP contribution >= 0.6 is 0 Å². The highest BCUT2D eigenvalue weighted by Crippen LogP contribution is 2.27. The molecule has 1 amide bonds. The molecule has 21 heavy (non-hydrogen) atoms. The zero-order chi connectivity index (χ0) is 16.0. The van der Waals surface area contributed by atoms with Gasteiger partial charge in [-0.25, -0.2) is 9.97 Å². The fraction of sp³-hybridized carbons (Fsp3) is 0.667. The first-order chi connectivity index (χ1) is 9.74. The van der Waals surface area contributed by atoms with Gasteiger partial charge in [-0.2, -0.15) is 0 Å². The average Bonchev–Trinajstić information content (AvgIpc) is 2.34.